The van der Waals surface area contributed by atoms with Gasteiger partial charge in [-0.1, -0.05) is 6.92 Å². The Bertz CT molecular complexity index is 327. The summed E-state index contributed by atoms with van der Waals surface area (Å²) >= 11 is 1.74. The summed E-state index contributed by atoms with van der Waals surface area (Å²) in [6.45, 7) is 2.80. The van der Waals surface area contributed by atoms with Crippen molar-refractivity contribution in [3.63, 3.8) is 0 Å². The van der Waals surface area contributed by atoms with Crippen LogP contribution >= 0.6 is 11.8 Å². The fourth-order valence-corrected chi connectivity index (χ4v) is 2.43. The van der Waals surface area contributed by atoms with Gasteiger partial charge in [0.2, 0.25) is 0 Å². The lowest BCUT2D eigenvalue weighted by molar-refractivity contribution is 0.394. The molecule has 0 radical (unpaired) electrons. The second-order valence-corrected chi connectivity index (χ2v) is 4.74. The molecule has 0 spiro atoms. The Balaban J connectivity index is 2.90. The van der Waals surface area contributed by atoms with Gasteiger partial charge in [-0.25, -0.2) is 0 Å². The molecular formula is C12H19NO2S. The van der Waals surface area contributed by atoms with Gasteiger partial charge in [-0.15, -0.1) is 11.8 Å². The molecule has 0 heterocycles. The number of rotatable bonds is 6. The number of nitrogens with two attached hydrogens (primary N) is 1. The molecule has 0 aromatic heterocycles. The van der Waals surface area contributed by atoms with Gasteiger partial charge in [0.15, 0.2) is 0 Å². The third-order valence-electron chi connectivity index (χ3n) is 2.38. The van der Waals surface area contributed by atoms with Crippen molar-refractivity contribution in [2.75, 3.05) is 20.8 Å². The van der Waals surface area contributed by atoms with E-state index in [1.807, 2.05) is 18.2 Å². The van der Waals surface area contributed by atoms with Gasteiger partial charge >= 0.3 is 0 Å². The quantitative estimate of drug-likeness (QED) is 0.777. The highest BCUT2D eigenvalue weighted by Gasteiger charge is 2.11. The molecule has 1 aromatic carbocycles. The molecule has 0 saturated carbocycles. The first-order valence-electron chi connectivity index (χ1n) is 5.33. The van der Waals surface area contributed by atoms with Crippen LogP contribution in [0, 0.1) is 0 Å². The van der Waals surface area contributed by atoms with Crippen molar-refractivity contribution in [1.29, 1.82) is 0 Å². The van der Waals surface area contributed by atoms with Crippen molar-refractivity contribution >= 4 is 11.8 Å². The fourth-order valence-electron chi connectivity index (χ4n) is 1.35. The predicted octanol–water partition coefficient (Wildman–Crippen LogP) is 2.53. The lowest BCUT2D eigenvalue weighted by Crippen LogP contribution is -2.15. The van der Waals surface area contributed by atoms with Crippen LogP contribution in [0.15, 0.2) is 23.1 Å². The summed E-state index contributed by atoms with van der Waals surface area (Å²) in [6, 6.07) is 5.80. The van der Waals surface area contributed by atoms with Crippen molar-refractivity contribution < 1.29 is 9.47 Å². The maximum atomic E-state index is 5.70. The van der Waals surface area contributed by atoms with Crippen LogP contribution in [-0.2, 0) is 0 Å². The third kappa shape index (κ3) is 3.32. The summed E-state index contributed by atoms with van der Waals surface area (Å²) in [6.07, 6.45) is 1.04. The Morgan fingerprint density at radius 2 is 2.06 bits per heavy atom. The Labute approximate surface area is 101 Å². The first-order valence-corrected chi connectivity index (χ1v) is 6.21. The Kier molecular flexibility index (Phi) is 5.49. The molecule has 0 saturated heterocycles. The molecule has 3 nitrogen and oxygen atoms in total. The summed E-state index contributed by atoms with van der Waals surface area (Å²) < 4.78 is 10.5. The smallest absolute Gasteiger partial charge is 0.132 e. The van der Waals surface area contributed by atoms with Crippen molar-refractivity contribution in [3.05, 3.63) is 18.2 Å². The molecule has 0 aliphatic carbocycles. The van der Waals surface area contributed by atoms with Gasteiger partial charge in [-0.3, -0.25) is 0 Å². The normalized spacial score (nSPS) is 12.2. The molecule has 2 N–H and O–H groups in total. The van der Waals surface area contributed by atoms with E-state index in [0.717, 1.165) is 22.8 Å². The minimum Gasteiger partial charge on any atom is -0.497 e. The van der Waals surface area contributed by atoms with Crippen LogP contribution < -0.4 is 15.2 Å². The fraction of sp³-hybridized carbons (Fsp3) is 0.500. The van der Waals surface area contributed by atoms with Crippen LogP contribution in [0.2, 0.25) is 0 Å². The molecule has 1 rings (SSSR count). The highest BCUT2D eigenvalue weighted by Crippen LogP contribution is 2.35. The van der Waals surface area contributed by atoms with Crippen molar-refractivity contribution in [1.82, 2.24) is 0 Å². The molecule has 0 bridgehead atoms. The van der Waals surface area contributed by atoms with Gasteiger partial charge in [0.05, 0.1) is 19.1 Å². The number of thioether (sulfide) groups is 1. The van der Waals surface area contributed by atoms with Gasteiger partial charge in [0, 0.05) is 11.8 Å². The van der Waals surface area contributed by atoms with E-state index in [2.05, 4.69) is 6.92 Å². The zero-order chi connectivity index (χ0) is 12.0. The summed E-state index contributed by atoms with van der Waals surface area (Å²) in [5.74, 6) is 1.72. The van der Waals surface area contributed by atoms with Crippen LogP contribution in [0.3, 0.4) is 0 Å². The van der Waals surface area contributed by atoms with E-state index < -0.39 is 0 Å². The lowest BCUT2D eigenvalue weighted by atomic mass is 10.3. The van der Waals surface area contributed by atoms with Gasteiger partial charge < -0.3 is 15.2 Å². The minimum atomic E-state index is 0.418. The van der Waals surface area contributed by atoms with E-state index in [1.54, 1.807) is 26.0 Å². The Morgan fingerprint density at radius 3 is 2.56 bits per heavy atom. The summed E-state index contributed by atoms with van der Waals surface area (Å²) in [7, 11) is 3.34. The molecule has 0 aliphatic heterocycles. The summed E-state index contributed by atoms with van der Waals surface area (Å²) in [5, 5.41) is 0.418. The molecular weight excluding hydrogens is 222 g/mol. The van der Waals surface area contributed by atoms with E-state index in [9.17, 15) is 0 Å². The summed E-state index contributed by atoms with van der Waals surface area (Å²) in [4.78, 5) is 1.08. The van der Waals surface area contributed by atoms with E-state index in [-0.39, 0.29) is 0 Å². The average Bonchev–Trinajstić information content (AvgIpc) is 2.35. The molecule has 1 aromatic rings. The first kappa shape index (κ1) is 13.2. The van der Waals surface area contributed by atoms with Crippen molar-refractivity contribution in [2.24, 2.45) is 5.73 Å². The van der Waals surface area contributed by atoms with Crippen LogP contribution in [0.4, 0.5) is 0 Å². The lowest BCUT2D eigenvalue weighted by Gasteiger charge is -2.15. The highest BCUT2D eigenvalue weighted by atomic mass is 32.2. The molecule has 0 amide bonds. The molecule has 90 valence electrons. The number of benzene rings is 1. The van der Waals surface area contributed by atoms with E-state index in [0.29, 0.717) is 11.8 Å². The Morgan fingerprint density at radius 1 is 1.31 bits per heavy atom. The first-order chi connectivity index (χ1) is 7.74. The maximum Gasteiger partial charge on any atom is 0.132 e. The number of methoxy groups -OCH3 is 2. The standard InChI is InChI=1S/C12H19NO2S/c1-4-10(8-13)16-12-7-9(14-2)5-6-11(12)15-3/h5-7,10H,4,8,13H2,1-3H3. The highest BCUT2D eigenvalue weighted by molar-refractivity contribution is 8.00. The zero-order valence-corrected chi connectivity index (χ0v) is 10.8. The third-order valence-corrected chi connectivity index (χ3v) is 3.81. The van der Waals surface area contributed by atoms with E-state index >= 15 is 0 Å². The number of ether oxygens (including phenoxy) is 2. The van der Waals surface area contributed by atoms with E-state index in [1.165, 1.54) is 0 Å². The molecule has 1 atom stereocenters. The largest absolute Gasteiger partial charge is 0.497 e. The van der Waals surface area contributed by atoms with Gasteiger partial charge in [-0.2, -0.15) is 0 Å². The van der Waals surface area contributed by atoms with Gasteiger partial charge in [0.25, 0.3) is 0 Å². The van der Waals surface area contributed by atoms with Crippen LogP contribution in [0.1, 0.15) is 13.3 Å². The number of hydrogen-bond acceptors (Lipinski definition) is 4. The van der Waals surface area contributed by atoms with Crippen molar-refractivity contribution in [3.8, 4) is 11.5 Å². The molecule has 16 heavy (non-hydrogen) atoms. The van der Waals surface area contributed by atoms with Crippen molar-refractivity contribution in [2.45, 2.75) is 23.5 Å². The number of hydrogen-bond donors (Lipinski definition) is 1. The summed E-state index contributed by atoms with van der Waals surface area (Å²) in [5.41, 5.74) is 5.70. The predicted molar refractivity (Wildman–Crippen MR) is 68.5 cm³/mol. The SMILES string of the molecule is CCC(CN)Sc1cc(OC)ccc1OC. The minimum absolute atomic E-state index is 0.418. The molecule has 0 aliphatic rings. The monoisotopic (exact) mass is 241 g/mol. The van der Waals surface area contributed by atoms with Crippen LogP contribution in [-0.4, -0.2) is 26.0 Å². The van der Waals surface area contributed by atoms with Gasteiger partial charge in [0.1, 0.15) is 11.5 Å². The average molecular weight is 241 g/mol. The van der Waals surface area contributed by atoms with Crippen LogP contribution in [0.5, 0.6) is 11.5 Å². The second kappa shape index (κ2) is 6.66. The molecule has 4 heteroatoms. The van der Waals surface area contributed by atoms with Crippen LogP contribution in [0.25, 0.3) is 0 Å². The van der Waals surface area contributed by atoms with Gasteiger partial charge in [-0.05, 0) is 24.6 Å². The Hall–Kier alpha value is -0.870. The zero-order valence-electron chi connectivity index (χ0n) is 10.0. The van der Waals surface area contributed by atoms with E-state index in [4.69, 9.17) is 15.2 Å². The topological polar surface area (TPSA) is 44.5 Å². The maximum absolute atomic E-state index is 5.70. The second-order valence-electron chi connectivity index (χ2n) is 3.40. The molecule has 0 fully saturated rings. The molecule has 1 unspecified atom stereocenters.